The highest BCUT2D eigenvalue weighted by Crippen LogP contribution is 2.20. The van der Waals surface area contributed by atoms with Gasteiger partial charge in [0.2, 0.25) is 10.0 Å². The molecule has 0 unspecified atom stereocenters. The third-order valence-electron chi connectivity index (χ3n) is 4.61. The second kappa shape index (κ2) is 7.66. The molecule has 1 aliphatic heterocycles. The molecule has 25 heavy (non-hydrogen) atoms. The van der Waals surface area contributed by atoms with E-state index in [1.807, 2.05) is 49.4 Å². The molecule has 1 heterocycles. The molecule has 0 aliphatic carbocycles. The van der Waals surface area contributed by atoms with Crippen LogP contribution in [0.25, 0.3) is 0 Å². The van der Waals surface area contributed by atoms with Crippen molar-refractivity contribution in [3.8, 4) is 0 Å². The van der Waals surface area contributed by atoms with Gasteiger partial charge in [0.15, 0.2) is 0 Å². The van der Waals surface area contributed by atoms with Crippen LogP contribution < -0.4 is 0 Å². The van der Waals surface area contributed by atoms with Gasteiger partial charge in [0.25, 0.3) is 0 Å². The van der Waals surface area contributed by atoms with Gasteiger partial charge in [0.05, 0.1) is 11.0 Å². The molecule has 0 saturated carbocycles. The minimum atomic E-state index is -3.44. The number of sulfonamides is 1. The molecule has 5 nitrogen and oxygen atoms in total. The van der Waals surface area contributed by atoms with Crippen molar-refractivity contribution < 1.29 is 13.5 Å². The molecule has 1 atom stereocenters. The van der Waals surface area contributed by atoms with Crippen molar-refractivity contribution >= 4 is 10.0 Å². The highest BCUT2D eigenvalue weighted by atomic mass is 32.2. The van der Waals surface area contributed by atoms with Gasteiger partial charge in [-0.15, -0.1) is 0 Å². The van der Waals surface area contributed by atoms with Crippen LogP contribution in [0.15, 0.2) is 59.5 Å². The summed E-state index contributed by atoms with van der Waals surface area (Å²) in [7, 11) is -3.44. The number of rotatable bonds is 5. The summed E-state index contributed by atoms with van der Waals surface area (Å²) in [6, 6.07) is 16.5. The number of nitrogens with zero attached hydrogens (tertiary/aromatic N) is 2. The van der Waals surface area contributed by atoms with Gasteiger partial charge in [-0.1, -0.05) is 48.0 Å². The van der Waals surface area contributed by atoms with Gasteiger partial charge in [-0.3, -0.25) is 4.90 Å². The number of aryl methyl sites for hydroxylation is 1. The lowest BCUT2D eigenvalue weighted by atomic mass is 10.1. The minimum absolute atomic E-state index is 0.343. The summed E-state index contributed by atoms with van der Waals surface area (Å²) < 4.78 is 26.9. The first-order valence-electron chi connectivity index (χ1n) is 8.49. The fourth-order valence-corrected chi connectivity index (χ4v) is 4.46. The number of hydrogen-bond acceptors (Lipinski definition) is 4. The van der Waals surface area contributed by atoms with E-state index in [-0.39, 0.29) is 0 Å². The molecular formula is C19H24N2O3S. The molecule has 134 valence electrons. The molecule has 2 aromatic rings. The number of hydrogen-bond donors (Lipinski definition) is 1. The predicted molar refractivity (Wildman–Crippen MR) is 97.8 cm³/mol. The smallest absolute Gasteiger partial charge is 0.243 e. The molecule has 0 radical (unpaired) electrons. The highest BCUT2D eigenvalue weighted by Gasteiger charge is 2.29. The fraction of sp³-hybridized carbons (Fsp3) is 0.368. The van der Waals surface area contributed by atoms with Crippen molar-refractivity contribution in [3.05, 3.63) is 65.7 Å². The average Bonchev–Trinajstić information content (AvgIpc) is 2.63. The van der Waals surface area contributed by atoms with Crippen LogP contribution in [0.3, 0.4) is 0 Å². The van der Waals surface area contributed by atoms with E-state index in [9.17, 15) is 13.5 Å². The van der Waals surface area contributed by atoms with Crippen LogP contribution >= 0.6 is 0 Å². The zero-order valence-corrected chi connectivity index (χ0v) is 15.2. The van der Waals surface area contributed by atoms with E-state index in [0.29, 0.717) is 37.6 Å². The standard InChI is InChI=1S/C19H24N2O3S/c1-16-7-9-18(10-8-16)25(23,24)21-13-11-20(12-14-21)15-19(22)17-5-3-2-4-6-17/h2-10,19,22H,11-15H2,1H3/t19-/m0/s1. The second-order valence-corrected chi connectivity index (χ2v) is 8.38. The maximum atomic E-state index is 12.7. The zero-order chi connectivity index (χ0) is 17.9. The zero-order valence-electron chi connectivity index (χ0n) is 14.4. The molecule has 1 aliphatic rings. The third-order valence-corrected chi connectivity index (χ3v) is 6.52. The first-order valence-corrected chi connectivity index (χ1v) is 9.93. The van der Waals surface area contributed by atoms with Crippen LogP contribution in [-0.4, -0.2) is 55.5 Å². The van der Waals surface area contributed by atoms with Gasteiger partial charge >= 0.3 is 0 Å². The first-order chi connectivity index (χ1) is 12.0. The van der Waals surface area contributed by atoms with E-state index in [2.05, 4.69) is 4.90 Å². The Morgan fingerprint density at radius 3 is 2.16 bits per heavy atom. The van der Waals surface area contributed by atoms with Gasteiger partial charge in [0.1, 0.15) is 0 Å². The number of aliphatic hydroxyl groups is 1. The Labute approximate surface area is 149 Å². The van der Waals surface area contributed by atoms with Crippen molar-refractivity contribution in [1.82, 2.24) is 9.21 Å². The Hall–Kier alpha value is -1.73. The SMILES string of the molecule is Cc1ccc(S(=O)(=O)N2CCN(C[C@H](O)c3ccccc3)CC2)cc1. The fourth-order valence-electron chi connectivity index (χ4n) is 3.04. The van der Waals surface area contributed by atoms with Crippen LogP contribution in [-0.2, 0) is 10.0 Å². The molecule has 6 heteroatoms. The lowest BCUT2D eigenvalue weighted by Gasteiger charge is -2.35. The Bertz CT molecular complexity index is 783. The lowest BCUT2D eigenvalue weighted by molar-refractivity contribution is 0.0921. The van der Waals surface area contributed by atoms with E-state index in [1.54, 1.807) is 12.1 Å². The summed E-state index contributed by atoms with van der Waals surface area (Å²) in [6.45, 7) is 4.58. The van der Waals surface area contributed by atoms with Crippen molar-refractivity contribution in [1.29, 1.82) is 0 Å². The van der Waals surface area contributed by atoms with Crippen LogP contribution in [0, 0.1) is 6.92 Å². The highest BCUT2D eigenvalue weighted by molar-refractivity contribution is 7.89. The van der Waals surface area contributed by atoms with Gasteiger partial charge < -0.3 is 5.11 Å². The molecule has 2 aromatic carbocycles. The summed E-state index contributed by atoms with van der Waals surface area (Å²) in [6.07, 6.45) is -0.554. The number of piperazine rings is 1. The molecule has 1 fully saturated rings. The Balaban J connectivity index is 1.59. The summed E-state index contributed by atoms with van der Waals surface area (Å²) >= 11 is 0. The average molecular weight is 360 g/mol. The van der Waals surface area contributed by atoms with Crippen LogP contribution in [0.2, 0.25) is 0 Å². The number of benzene rings is 2. The second-order valence-electron chi connectivity index (χ2n) is 6.44. The number of aliphatic hydroxyl groups excluding tert-OH is 1. The molecule has 3 rings (SSSR count). The lowest BCUT2D eigenvalue weighted by Crippen LogP contribution is -2.49. The quantitative estimate of drug-likeness (QED) is 0.886. The van der Waals surface area contributed by atoms with Crippen molar-refractivity contribution in [2.24, 2.45) is 0 Å². The van der Waals surface area contributed by atoms with E-state index < -0.39 is 16.1 Å². The largest absolute Gasteiger partial charge is 0.387 e. The van der Waals surface area contributed by atoms with Gasteiger partial charge in [-0.05, 0) is 24.6 Å². The van der Waals surface area contributed by atoms with Gasteiger partial charge in [-0.2, -0.15) is 4.31 Å². The van der Waals surface area contributed by atoms with Crippen LogP contribution in [0.1, 0.15) is 17.2 Å². The monoisotopic (exact) mass is 360 g/mol. The molecular weight excluding hydrogens is 336 g/mol. The molecule has 1 N–H and O–H groups in total. The maximum absolute atomic E-state index is 12.7. The first kappa shape index (κ1) is 18.1. The minimum Gasteiger partial charge on any atom is -0.387 e. The molecule has 0 spiro atoms. The summed E-state index contributed by atoms with van der Waals surface area (Å²) in [5, 5.41) is 10.3. The van der Waals surface area contributed by atoms with E-state index in [4.69, 9.17) is 0 Å². The normalized spacial score (nSPS) is 18.2. The Morgan fingerprint density at radius 1 is 0.960 bits per heavy atom. The Kier molecular flexibility index (Phi) is 5.54. The summed E-state index contributed by atoms with van der Waals surface area (Å²) in [4.78, 5) is 2.45. The van der Waals surface area contributed by atoms with Crippen molar-refractivity contribution in [2.75, 3.05) is 32.7 Å². The van der Waals surface area contributed by atoms with E-state index >= 15 is 0 Å². The number of β-amino-alcohol motifs (C(OH)–C–C–N with tert-alkyl or cyclic N) is 1. The van der Waals surface area contributed by atoms with Crippen LogP contribution in [0.5, 0.6) is 0 Å². The van der Waals surface area contributed by atoms with Gasteiger partial charge in [-0.25, -0.2) is 8.42 Å². The van der Waals surface area contributed by atoms with Gasteiger partial charge in [0, 0.05) is 32.7 Å². The predicted octanol–water partition coefficient (Wildman–Crippen LogP) is 2.03. The molecule has 0 aromatic heterocycles. The molecule has 1 saturated heterocycles. The van der Waals surface area contributed by atoms with E-state index in [1.165, 1.54) is 4.31 Å². The van der Waals surface area contributed by atoms with Crippen LogP contribution in [0.4, 0.5) is 0 Å². The molecule has 0 bridgehead atoms. The topological polar surface area (TPSA) is 60.9 Å². The maximum Gasteiger partial charge on any atom is 0.243 e. The third kappa shape index (κ3) is 4.27. The summed E-state index contributed by atoms with van der Waals surface area (Å²) in [5.74, 6) is 0. The summed E-state index contributed by atoms with van der Waals surface area (Å²) in [5.41, 5.74) is 1.93. The van der Waals surface area contributed by atoms with Crippen molar-refractivity contribution in [2.45, 2.75) is 17.9 Å². The van der Waals surface area contributed by atoms with Crippen molar-refractivity contribution in [3.63, 3.8) is 0 Å². The Morgan fingerprint density at radius 2 is 1.56 bits per heavy atom. The van der Waals surface area contributed by atoms with E-state index in [0.717, 1.165) is 11.1 Å². The molecule has 0 amide bonds.